The molecule has 96 valence electrons. The maximum Gasteiger partial charge on any atom is 0.330 e. The van der Waals surface area contributed by atoms with Gasteiger partial charge in [-0.3, -0.25) is 19.8 Å². The highest BCUT2D eigenvalue weighted by atomic mass is 16.2. The first-order valence-corrected chi connectivity index (χ1v) is 6.25. The molecule has 1 aliphatic carbocycles. The van der Waals surface area contributed by atoms with Crippen molar-refractivity contribution < 1.29 is 14.4 Å². The zero-order valence-corrected chi connectivity index (χ0v) is 10.1. The highest BCUT2D eigenvalue weighted by Gasteiger charge is 2.44. The maximum absolute atomic E-state index is 12.2. The molecule has 0 aromatic heterocycles. The number of barbiturate groups is 1. The first kappa shape index (κ1) is 12.6. The van der Waals surface area contributed by atoms with Gasteiger partial charge in [0.15, 0.2) is 0 Å². The van der Waals surface area contributed by atoms with Crippen molar-refractivity contribution in [1.82, 2.24) is 10.2 Å². The van der Waals surface area contributed by atoms with Gasteiger partial charge in [-0.15, -0.1) is 12.3 Å². The molecule has 0 aromatic rings. The van der Waals surface area contributed by atoms with Crippen LogP contribution in [0.3, 0.4) is 0 Å². The molecule has 2 fully saturated rings. The first-order valence-electron chi connectivity index (χ1n) is 6.25. The van der Waals surface area contributed by atoms with Crippen molar-refractivity contribution in [3.63, 3.8) is 0 Å². The minimum Gasteiger partial charge on any atom is -0.277 e. The maximum atomic E-state index is 12.2. The second-order valence-corrected chi connectivity index (χ2v) is 4.76. The van der Waals surface area contributed by atoms with Gasteiger partial charge in [0.05, 0.1) is 0 Å². The number of rotatable bonds is 3. The standard InChI is InChI=1S/C13H16N2O3/c1-2-3-8-15-12(17)10(9-6-4-5-7-9)11(16)14-13(15)18/h1,9-10H,3-8H2,(H,14,16,18). The van der Waals surface area contributed by atoms with Crippen LogP contribution in [0.1, 0.15) is 32.1 Å². The summed E-state index contributed by atoms with van der Waals surface area (Å²) in [6, 6.07) is -0.644. The van der Waals surface area contributed by atoms with Crippen LogP contribution in [0, 0.1) is 24.2 Å². The Labute approximate surface area is 106 Å². The summed E-state index contributed by atoms with van der Waals surface area (Å²) in [5.41, 5.74) is 0. The van der Waals surface area contributed by atoms with Gasteiger partial charge < -0.3 is 0 Å². The number of imide groups is 2. The predicted octanol–water partition coefficient (Wildman–Crippen LogP) is 0.894. The van der Waals surface area contributed by atoms with E-state index in [1.807, 2.05) is 0 Å². The summed E-state index contributed by atoms with van der Waals surface area (Å²) in [5.74, 6) is 0.922. The molecule has 0 radical (unpaired) electrons. The fourth-order valence-electron chi connectivity index (χ4n) is 2.73. The van der Waals surface area contributed by atoms with Crippen LogP contribution in [-0.2, 0) is 9.59 Å². The molecule has 2 rings (SSSR count). The van der Waals surface area contributed by atoms with E-state index in [2.05, 4.69) is 11.2 Å². The second-order valence-electron chi connectivity index (χ2n) is 4.76. The van der Waals surface area contributed by atoms with Gasteiger partial charge in [-0.05, 0) is 18.8 Å². The molecule has 1 unspecified atom stereocenters. The molecule has 1 aliphatic heterocycles. The fraction of sp³-hybridized carbons (Fsp3) is 0.615. The third-order valence-electron chi connectivity index (χ3n) is 3.64. The van der Waals surface area contributed by atoms with Gasteiger partial charge in [0.1, 0.15) is 5.92 Å². The minimum atomic E-state index is -0.706. The van der Waals surface area contributed by atoms with Crippen molar-refractivity contribution in [2.24, 2.45) is 11.8 Å². The van der Waals surface area contributed by atoms with Gasteiger partial charge in [-0.2, -0.15) is 0 Å². The number of carbonyl (C=O) groups excluding carboxylic acids is 3. The third-order valence-corrected chi connectivity index (χ3v) is 3.64. The minimum absolute atomic E-state index is 0.0685. The summed E-state index contributed by atoms with van der Waals surface area (Å²) >= 11 is 0. The number of urea groups is 1. The lowest BCUT2D eigenvalue weighted by atomic mass is 9.87. The Hall–Kier alpha value is -1.83. The molecule has 1 atom stereocenters. The van der Waals surface area contributed by atoms with Crippen molar-refractivity contribution >= 4 is 17.8 Å². The van der Waals surface area contributed by atoms with Gasteiger partial charge in [-0.1, -0.05) is 12.8 Å². The highest BCUT2D eigenvalue weighted by Crippen LogP contribution is 2.33. The molecule has 5 nitrogen and oxygen atoms in total. The molecule has 1 saturated heterocycles. The average molecular weight is 248 g/mol. The van der Waals surface area contributed by atoms with E-state index in [0.29, 0.717) is 6.42 Å². The fourth-order valence-corrected chi connectivity index (χ4v) is 2.73. The third kappa shape index (κ3) is 2.23. The van der Waals surface area contributed by atoms with Crippen LogP contribution in [0.2, 0.25) is 0 Å². The average Bonchev–Trinajstić information content (AvgIpc) is 2.82. The van der Waals surface area contributed by atoms with Crippen molar-refractivity contribution in [2.75, 3.05) is 6.54 Å². The molecule has 1 N–H and O–H groups in total. The summed E-state index contributed by atoms with van der Waals surface area (Å²) in [6.07, 6.45) is 9.28. The Bertz CT molecular complexity index is 418. The van der Waals surface area contributed by atoms with Gasteiger partial charge in [-0.25, -0.2) is 4.79 Å². The summed E-state index contributed by atoms with van der Waals surface area (Å²) in [4.78, 5) is 36.7. The van der Waals surface area contributed by atoms with Crippen LogP contribution >= 0.6 is 0 Å². The largest absolute Gasteiger partial charge is 0.330 e. The summed E-state index contributed by atoms with van der Waals surface area (Å²) in [6.45, 7) is 0.178. The Balaban J connectivity index is 2.14. The van der Waals surface area contributed by atoms with Gasteiger partial charge >= 0.3 is 6.03 Å². The van der Waals surface area contributed by atoms with E-state index in [1.165, 1.54) is 0 Å². The Morgan fingerprint density at radius 2 is 1.94 bits per heavy atom. The molecule has 0 spiro atoms. The Morgan fingerprint density at radius 1 is 1.28 bits per heavy atom. The van der Waals surface area contributed by atoms with E-state index in [4.69, 9.17) is 6.42 Å². The summed E-state index contributed by atoms with van der Waals surface area (Å²) < 4.78 is 0. The second kappa shape index (κ2) is 5.21. The van der Waals surface area contributed by atoms with E-state index in [9.17, 15) is 14.4 Å². The van der Waals surface area contributed by atoms with Crippen molar-refractivity contribution in [2.45, 2.75) is 32.1 Å². The lowest BCUT2D eigenvalue weighted by Gasteiger charge is -2.32. The first-order chi connectivity index (χ1) is 8.65. The number of hydrogen-bond donors (Lipinski definition) is 1. The monoisotopic (exact) mass is 248 g/mol. The molecule has 5 heteroatoms. The number of nitrogens with one attached hydrogen (secondary N) is 1. The van der Waals surface area contributed by atoms with Crippen LogP contribution in [-0.4, -0.2) is 29.3 Å². The zero-order valence-electron chi connectivity index (χ0n) is 10.1. The van der Waals surface area contributed by atoms with Crippen LogP contribution in [0.25, 0.3) is 0 Å². The Kier molecular flexibility index (Phi) is 3.66. The van der Waals surface area contributed by atoms with Crippen molar-refractivity contribution in [3.05, 3.63) is 0 Å². The van der Waals surface area contributed by atoms with Crippen molar-refractivity contribution in [3.8, 4) is 12.3 Å². The highest BCUT2D eigenvalue weighted by molar-refractivity contribution is 6.16. The molecule has 1 heterocycles. The molecule has 4 amide bonds. The topological polar surface area (TPSA) is 66.5 Å². The number of terminal acetylenes is 1. The SMILES string of the molecule is C#CCCN1C(=O)NC(=O)C(C2CCCC2)C1=O. The smallest absolute Gasteiger partial charge is 0.277 e. The number of nitrogens with zero attached hydrogens (tertiary/aromatic N) is 1. The molecular weight excluding hydrogens is 232 g/mol. The van der Waals surface area contributed by atoms with E-state index in [-0.39, 0.29) is 18.4 Å². The quantitative estimate of drug-likeness (QED) is 0.596. The zero-order chi connectivity index (χ0) is 13.1. The van der Waals surface area contributed by atoms with Crippen LogP contribution in [0.4, 0.5) is 4.79 Å². The molecular formula is C13H16N2O3. The predicted molar refractivity (Wildman–Crippen MR) is 64.1 cm³/mol. The molecule has 18 heavy (non-hydrogen) atoms. The van der Waals surface area contributed by atoms with Gasteiger partial charge in [0.25, 0.3) is 0 Å². The Morgan fingerprint density at radius 3 is 2.56 bits per heavy atom. The molecule has 0 aromatic carbocycles. The summed E-state index contributed by atoms with van der Waals surface area (Å²) in [7, 11) is 0. The molecule has 1 saturated carbocycles. The summed E-state index contributed by atoms with van der Waals surface area (Å²) in [5, 5.41) is 2.25. The lowest BCUT2D eigenvalue weighted by Crippen LogP contribution is -2.59. The van der Waals surface area contributed by atoms with Gasteiger partial charge in [0, 0.05) is 13.0 Å². The number of amides is 4. The number of carbonyl (C=O) groups is 3. The number of hydrogen-bond acceptors (Lipinski definition) is 3. The van der Waals surface area contributed by atoms with Crippen LogP contribution in [0.5, 0.6) is 0 Å². The van der Waals surface area contributed by atoms with E-state index in [1.54, 1.807) is 0 Å². The van der Waals surface area contributed by atoms with Gasteiger partial charge in [0.2, 0.25) is 11.8 Å². The van der Waals surface area contributed by atoms with Crippen LogP contribution in [0.15, 0.2) is 0 Å². The normalized spacial score (nSPS) is 25.2. The lowest BCUT2D eigenvalue weighted by molar-refractivity contribution is -0.144. The van der Waals surface area contributed by atoms with E-state index >= 15 is 0 Å². The molecule has 2 aliphatic rings. The van der Waals surface area contributed by atoms with E-state index in [0.717, 1.165) is 30.6 Å². The molecule has 0 bridgehead atoms. The van der Waals surface area contributed by atoms with Crippen molar-refractivity contribution in [1.29, 1.82) is 0 Å². The van der Waals surface area contributed by atoms with E-state index < -0.39 is 17.9 Å². The van der Waals surface area contributed by atoms with Crippen LogP contribution < -0.4 is 5.32 Å².